The first-order valence-electron chi connectivity index (χ1n) is 24.8. The van der Waals surface area contributed by atoms with Crippen LogP contribution in [0.2, 0.25) is 0 Å². The molecule has 2 fully saturated rings. The summed E-state index contributed by atoms with van der Waals surface area (Å²) in [5.41, 5.74) is 3.23. The summed E-state index contributed by atoms with van der Waals surface area (Å²) in [5.74, 6) is 2.74. The van der Waals surface area contributed by atoms with E-state index in [2.05, 4.69) is 25.7 Å². The van der Waals surface area contributed by atoms with Crippen LogP contribution < -0.4 is 0 Å². The number of hydrogen-bond donors (Lipinski definition) is 1. The van der Waals surface area contributed by atoms with Gasteiger partial charge in [0.2, 0.25) is 0 Å². The van der Waals surface area contributed by atoms with Gasteiger partial charge in [0.25, 0.3) is 0 Å². The number of nitrogens with zero attached hydrogens (tertiary/aromatic N) is 1. The van der Waals surface area contributed by atoms with Gasteiger partial charge in [0, 0.05) is 19.4 Å². The highest BCUT2D eigenvalue weighted by Gasteiger charge is 2.22. The molecule has 4 nitrogen and oxygen atoms in total. The average Bonchev–Trinajstić information content (AvgIpc) is 4.11. The van der Waals surface area contributed by atoms with Crippen LogP contribution in [0.5, 0.6) is 0 Å². The van der Waals surface area contributed by atoms with Crippen molar-refractivity contribution < 1.29 is 14.6 Å². The van der Waals surface area contributed by atoms with E-state index < -0.39 is 0 Å². The van der Waals surface area contributed by atoms with Crippen LogP contribution in [-0.2, 0) is 9.47 Å². The largest absolute Gasteiger partial charge is 0.498 e. The molecule has 2 saturated carbocycles. The first-order valence-corrected chi connectivity index (χ1v) is 24.8. The van der Waals surface area contributed by atoms with Gasteiger partial charge in [-0.15, -0.1) is 0 Å². The molecule has 0 spiro atoms. The van der Waals surface area contributed by atoms with E-state index in [0.29, 0.717) is 6.10 Å². The first kappa shape index (κ1) is 49.1. The zero-order valence-electron chi connectivity index (χ0n) is 37.0. The van der Waals surface area contributed by atoms with Gasteiger partial charge in [-0.1, -0.05) is 162 Å². The van der Waals surface area contributed by atoms with Crippen molar-refractivity contribution in [3.63, 3.8) is 0 Å². The fourth-order valence-corrected chi connectivity index (χ4v) is 8.15. The Morgan fingerprint density at radius 2 is 0.852 bits per heavy atom. The van der Waals surface area contributed by atoms with Crippen molar-refractivity contribution in [1.29, 1.82) is 0 Å². The monoisotopic (exact) mass is 758 g/mol. The fourth-order valence-electron chi connectivity index (χ4n) is 8.15. The maximum atomic E-state index is 9.71. The van der Waals surface area contributed by atoms with Crippen LogP contribution in [0, 0.1) is 0 Å². The van der Waals surface area contributed by atoms with Crippen LogP contribution in [0.15, 0.2) is 22.7 Å². The molecule has 0 aromatic rings. The number of rotatable bonds is 43. The van der Waals surface area contributed by atoms with Gasteiger partial charge in [0.1, 0.15) is 0 Å². The van der Waals surface area contributed by atoms with Gasteiger partial charge in [0.15, 0.2) is 0 Å². The van der Waals surface area contributed by atoms with Crippen molar-refractivity contribution in [2.45, 2.75) is 264 Å². The molecule has 0 bridgehead atoms. The van der Waals surface area contributed by atoms with Crippen LogP contribution in [0.3, 0.4) is 0 Å². The predicted molar refractivity (Wildman–Crippen MR) is 236 cm³/mol. The highest BCUT2D eigenvalue weighted by atomic mass is 16.5. The predicted octanol–water partition coefficient (Wildman–Crippen LogP) is 15.7. The van der Waals surface area contributed by atoms with E-state index in [1.165, 1.54) is 236 Å². The van der Waals surface area contributed by atoms with E-state index in [1.807, 2.05) is 0 Å². The molecule has 0 atom stereocenters. The second-order valence-corrected chi connectivity index (χ2v) is 17.5. The number of hydrogen-bond acceptors (Lipinski definition) is 4. The summed E-state index contributed by atoms with van der Waals surface area (Å²) in [7, 11) is 0. The molecule has 1 N–H and O–H groups in total. The number of unbranched alkanes of at least 4 members (excludes halogenated alkanes) is 24. The van der Waals surface area contributed by atoms with Gasteiger partial charge in [-0.2, -0.15) is 0 Å². The van der Waals surface area contributed by atoms with E-state index in [1.54, 1.807) is 11.1 Å². The topological polar surface area (TPSA) is 41.9 Å². The quantitative estimate of drug-likeness (QED) is 0.0497. The highest BCUT2D eigenvalue weighted by Crippen LogP contribution is 2.36. The summed E-state index contributed by atoms with van der Waals surface area (Å²) in [4.78, 5) is 2.51. The van der Waals surface area contributed by atoms with E-state index in [0.717, 1.165) is 39.1 Å². The van der Waals surface area contributed by atoms with Gasteiger partial charge in [-0.05, 0) is 108 Å². The molecule has 2 rings (SSSR count). The van der Waals surface area contributed by atoms with Crippen molar-refractivity contribution in [2.24, 2.45) is 0 Å². The molecule has 4 heteroatoms. The minimum absolute atomic E-state index is 0.277. The summed E-state index contributed by atoms with van der Waals surface area (Å²) in [6.07, 6.45) is 49.4. The lowest BCUT2D eigenvalue weighted by atomic mass is 10.0. The lowest BCUT2D eigenvalue weighted by Crippen LogP contribution is -2.29. The zero-order chi connectivity index (χ0) is 38.6. The summed E-state index contributed by atoms with van der Waals surface area (Å²) in [5, 5.41) is 9.71. The van der Waals surface area contributed by atoms with Crippen molar-refractivity contribution in [1.82, 2.24) is 4.90 Å². The average molecular weight is 758 g/mol. The van der Waals surface area contributed by atoms with Gasteiger partial charge < -0.3 is 19.5 Å². The third-order valence-corrected chi connectivity index (χ3v) is 12.1. The Morgan fingerprint density at radius 1 is 0.463 bits per heavy atom. The first-order chi connectivity index (χ1) is 26.7. The third kappa shape index (κ3) is 29.3. The molecule has 54 heavy (non-hydrogen) atoms. The molecular weight excluding hydrogens is 663 g/mol. The highest BCUT2D eigenvalue weighted by molar-refractivity contribution is 5.22. The minimum Gasteiger partial charge on any atom is -0.498 e. The van der Waals surface area contributed by atoms with Crippen molar-refractivity contribution in [2.75, 3.05) is 32.8 Å². The molecule has 2 aliphatic rings. The van der Waals surface area contributed by atoms with E-state index in [9.17, 15) is 5.11 Å². The lowest BCUT2D eigenvalue weighted by molar-refractivity contribution is 0.0873. The normalized spacial score (nSPS) is 13.7. The Labute approximate surface area is 338 Å². The Bertz CT molecular complexity index is 868. The van der Waals surface area contributed by atoms with Gasteiger partial charge in [0.05, 0.1) is 30.8 Å². The van der Waals surface area contributed by atoms with Crippen LogP contribution in [0.25, 0.3) is 0 Å². The molecule has 0 aromatic carbocycles. The van der Waals surface area contributed by atoms with Gasteiger partial charge in [-0.25, -0.2) is 0 Å². The maximum Gasteiger partial charge on any atom is 0.0982 e. The minimum atomic E-state index is 0.277. The van der Waals surface area contributed by atoms with Crippen molar-refractivity contribution in [3.8, 4) is 0 Å². The summed E-state index contributed by atoms with van der Waals surface area (Å²) in [6, 6.07) is 0. The summed E-state index contributed by atoms with van der Waals surface area (Å²) in [6.45, 7) is 11.2. The summed E-state index contributed by atoms with van der Waals surface area (Å²) < 4.78 is 13.2. The van der Waals surface area contributed by atoms with Gasteiger partial charge >= 0.3 is 0 Å². The number of ether oxygens (including phenoxy) is 2. The van der Waals surface area contributed by atoms with Crippen molar-refractivity contribution in [3.05, 3.63) is 22.7 Å². The zero-order valence-corrected chi connectivity index (χ0v) is 37.0. The molecule has 0 saturated heterocycles. The SMILES string of the molecule is CCCCCCCCCCCOC(CCCCCN(CCO)CCCCCCCC(OC(CCCCCCCC)CCCCCCCC)=C1CC1)=C1CC1. The Balaban J connectivity index is 1.55. The molecule has 2 aliphatic carbocycles. The van der Waals surface area contributed by atoms with Crippen LogP contribution in [-0.4, -0.2) is 49.0 Å². The molecule has 0 radical (unpaired) electrons. The Hall–Kier alpha value is -1.00. The second kappa shape index (κ2) is 36.3. The molecule has 0 amide bonds. The summed E-state index contributed by atoms with van der Waals surface area (Å²) >= 11 is 0. The molecule has 0 aliphatic heterocycles. The Kier molecular flexibility index (Phi) is 33.1. The molecule has 0 heterocycles. The molecule has 0 unspecified atom stereocenters. The maximum absolute atomic E-state index is 9.71. The standard InChI is InChI=1S/C50H95NO3/c1-4-7-10-13-16-17-18-24-32-45-53-49(46-37-38-46)35-29-25-31-42-51(43-44-52)41-30-23-19-22-28-36-50(47-39-40-47)54-48(33-26-20-14-11-8-5-2)34-27-21-15-12-9-6-3/h48,52H,4-45H2,1-3H3. The van der Waals surface area contributed by atoms with Crippen LogP contribution in [0.4, 0.5) is 0 Å². The number of aliphatic hydroxyl groups excluding tert-OH is 1. The van der Waals surface area contributed by atoms with E-state index in [-0.39, 0.29) is 6.61 Å². The number of allylic oxidation sites excluding steroid dienone is 4. The lowest BCUT2D eigenvalue weighted by Gasteiger charge is -2.22. The van der Waals surface area contributed by atoms with Gasteiger partial charge in [-0.3, -0.25) is 0 Å². The molecule has 0 aromatic heterocycles. The smallest absolute Gasteiger partial charge is 0.0982 e. The van der Waals surface area contributed by atoms with E-state index >= 15 is 0 Å². The fraction of sp³-hybridized carbons (Fsp3) is 0.920. The molecule has 318 valence electrons. The van der Waals surface area contributed by atoms with Crippen molar-refractivity contribution >= 4 is 0 Å². The number of aliphatic hydroxyl groups is 1. The second-order valence-electron chi connectivity index (χ2n) is 17.5. The van der Waals surface area contributed by atoms with Crippen LogP contribution in [0.1, 0.15) is 258 Å². The third-order valence-electron chi connectivity index (χ3n) is 12.1. The molecular formula is C50H95NO3. The van der Waals surface area contributed by atoms with Crippen LogP contribution >= 0.6 is 0 Å². The van der Waals surface area contributed by atoms with E-state index in [4.69, 9.17) is 9.47 Å². The Morgan fingerprint density at radius 3 is 1.33 bits per heavy atom.